The summed E-state index contributed by atoms with van der Waals surface area (Å²) in [7, 11) is -3.64. The van der Waals surface area contributed by atoms with E-state index in [9.17, 15) is 13.2 Å². The number of sulfonamides is 1. The standard InChI is InChI=1S/C15H22ClN3O3S/c1-11(12(2)17)15(20)18-7-9-19(10-8-18)23(21,22)14-6-4-3-5-13(14)16/h3-6,11-12H,7-10,17H2,1-2H3. The Morgan fingerprint density at radius 2 is 1.74 bits per heavy atom. The number of benzene rings is 1. The number of piperazine rings is 1. The van der Waals surface area contributed by atoms with Gasteiger partial charge >= 0.3 is 0 Å². The zero-order valence-electron chi connectivity index (χ0n) is 13.3. The minimum absolute atomic E-state index is 0.0326. The summed E-state index contributed by atoms with van der Waals surface area (Å²) < 4.78 is 26.7. The minimum atomic E-state index is -3.64. The van der Waals surface area contributed by atoms with Crippen molar-refractivity contribution in [3.8, 4) is 0 Å². The zero-order chi connectivity index (χ0) is 17.2. The molecule has 1 aromatic carbocycles. The molecule has 0 radical (unpaired) electrons. The van der Waals surface area contributed by atoms with Crippen molar-refractivity contribution in [3.63, 3.8) is 0 Å². The molecule has 1 aromatic rings. The lowest BCUT2D eigenvalue weighted by molar-refractivity contribution is -0.136. The molecule has 1 saturated heterocycles. The van der Waals surface area contributed by atoms with Crippen LogP contribution >= 0.6 is 11.6 Å². The van der Waals surface area contributed by atoms with Crippen LogP contribution in [0.2, 0.25) is 5.02 Å². The second-order valence-electron chi connectivity index (χ2n) is 5.81. The summed E-state index contributed by atoms with van der Waals surface area (Å²) in [5, 5.41) is 0.205. The van der Waals surface area contributed by atoms with Gasteiger partial charge in [-0.1, -0.05) is 30.7 Å². The van der Waals surface area contributed by atoms with E-state index in [-0.39, 0.29) is 40.9 Å². The summed E-state index contributed by atoms with van der Waals surface area (Å²) in [5.41, 5.74) is 5.76. The van der Waals surface area contributed by atoms with E-state index < -0.39 is 10.0 Å². The monoisotopic (exact) mass is 359 g/mol. The summed E-state index contributed by atoms with van der Waals surface area (Å²) in [4.78, 5) is 14.1. The van der Waals surface area contributed by atoms with Crippen molar-refractivity contribution in [2.45, 2.75) is 24.8 Å². The van der Waals surface area contributed by atoms with Crippen molar-refractivity contribution < 1.29 is 13.2 Å². The van der Waals surface area contributed by atoms with E-state index in [0.717, 1.165) is 0 Å². The molecule has 1 amide bonds. The molecule has 0 spiro atoms. The highest BCUT2D eigenvalue weighted by Crippen LogP contribution is 2.25. The van der Waals surface area contributed by atoms with Crippen molar-refractivity contribution >= 4 is 27.5 Å². The van der Waals surface area contributed by atoms with E-state index >= 15 is 0 Å². The normalized spacial score (nSPS) is 19.4. The van der Waals surface area contributed by atoms with Gasteiger partial charge < -0.3 is 10.6 Å². The average molecular weight is 360 g/mol. The van der Waals surface area contributed by atoms with Gasteiger partial charge in [-0.25, -0.2) is 8.42 Å². The van der Waals surface area contributed by atoms with Gasteiger partial charge in [-0.05, 0) is 19.1 Å². The van der Waals surface area contributed by atoms with Crippen molar-refractivity contribution in [3.05, 3.63) is 29.3 Å². The number of carbonyl (C=O) groups excluding carboxylic acids is 1. The molecule has 128 valence electrons. The van der Waals surface area contributed by atoms with Crippen LogP contribution in [0.5, 0.6) is 0 Å². The van der Waals surface area contributed by atoms with Crippen LogP contribution in [0.25, 0.3) is 0 Å². The maximum atomic E-state index is 12.6. The molecule has 8 heteroatoms. The molecule has 0 aliphatic carbocycles. The van der Waals surface area contributed by atoms with Gasteiger partial charge in [0.25, 0.3) is 0 Å². The molecule has 23 heavy (non-hydrogen) atoms. The van der Waals surface area contributed by atoms with Gasteiger partial charge in [0.2, 0.25) is 15.9 Å². The van der Waals surface area contributed by atoms with E-state index in [2.05, 4.69) is 0 Å². The van der Waals surface area contributed by atoms with Crippen LogP contribution in [0.1, 0.15) is 13.8 Å². The summed E-state index contributed by atoms with van der Waals surface area (Å²) in [6, 6.07) is 6.15. The van der Waals surface area contributed by atoms with Gasteiger partial charge in [-0.15, -0.1) is 0 Å². The van der Waals surface area contributed by atoms with E-state index in [0.29, 0.717) is 13.1 Å². The molecule has 0 saturated carbocycles. The summed E-state index contributed by atoms with van der Waals surface area (Å²) in [6.07, 6.45) is 0. The van der Waals surface area contributed by atoms with Crippen LogP contribution in [-0.2, 0) is 14.8 Å². The first-order valence-electron chi connectivity index (χ1n) is 7.54. The minimum Gasteiger partial charge on any atom is -0.340 e. The number of hydrogen-bond donors (Lipinski definition) is 1. The highest BCUT2D eigenvalue weighted by molar-refractivity contribution is 7.89. The lowest BCUT2D eigenvalue weighted by Crippen LogP contribution is -2.53. The third-order valence-corrected chi connectivity index (χ3v) is 6.58. The van der Waals surface area contributed by atoms with Gasteiger partial charge in [0.05, 0.1) is 10.9 Å². The molecule has 2 rings (SSSR count). The third kappa shape index (κ3) is 3.85. The SMILES string of the molecule is CC(N)C(C)C(=O)N1CCN(S(=O)(=O)c2ccccc2Cl)CC1. The van der Waals surface area contributed by atoms with Crippen molar-refractivity contribution in [1.29, 1.82) is 0 Å². The first-order valence-corrected chi connectivity index (χ1v) is 9.36. The van der Waals surface area contributed by atoms with Crippen molar-refractivity contribution in [1.82, 2.24) is 9.21 Å². The Hall–Kier alpha value is -1.15. The van der Waals surface area contributed by atoms with Crippen LogP contribution < -0.4 is 5.73 Å². The molecule has 1 aliphatic rings. The van der Waals surface area contributed by atoms with Crippen LogP contribution in [-0.4, -0.2) is 55.8 Å². The Balaban J connectivity index is 2.07. The molecule has 1 aliphatic heterocycles. The van der Waals surface area contributed by atoms with Gasteiger partial charge in [0, 0.05) is 32.2 Å². The molecule has 0 bridgehead atoms. The quantitative estimate of drug-likeness (QED) is 0.874. The largest absolute Gasteiger partial charge is 0.340 e. The predicted molar refractivity (Wildman–Crippen MR) is 89.6 cm³/mol. The van der Waals surface area contributed by atoms with Crippen LogP contribution in [0.4, 0.5) is 0 Å². The summed E-state index contributed by atoms with van der Waals surface area (Å²) >= 11 is 6.00. The number of amides is 1. The molecule has 6 nitrogen and oxygen atoms in total. The van der Waals surface area contributed by atoms with E-state index in [1.807, 2.05) is 0 Å². The number of nitrogens with two attached hydrogens (primary N) is 1. The van der Waals surface area contributed by atoms with E-state index in [4.69, 9.17) is 17.3 Å². The third-order valence-electron chi connectivity index (χ3n) is 4.18. The number of halogens is 1. The molecule has 2 N–H and O–H groups in total. The first-order chi connectivity index (χ1) is 10.7. The average Bonchev–Trinajstić information content (AvgIpc) is 2.53. The predicted octanol–water partition coefficient (Wildman–Crippen LogP) is 1.16. The molecule has 2 atom stereocenters. The Labute approximate surface area is 142 Å². The Bertz CT molecular complexity index is 670. The number of rotatable bonds is 4. The number of carbonyl (C=O) groups is 1. The Kier molecular flexibility index (Phi) is 5.67. The molecular formula is C15H22ClN3O3S. The number of nitrogens with zero attached hydrogens (tertiary/aromatic N) is 2. The van der Waals surface area contributed by atoms with Gasteiger partial charge in [0.1, 0.15) is 4.90 Å². The first kappa shape index (κ1) is 18.2. The topological polar surface area (TPSA) is 83.7 Å². The highest BCUT2D eigenvalue weighted by atomic mass is 35.5. The molecular weight excluding hydrogens is 338 g/mol. The molecule has 1 fully saturated rings. The Morgan fingerprint density at radius 3 is 2.26 bits per heavy atom. The van der Waals surface area contributed by atoms with Crippen LogP contribution in [0.3, 0.4) is 0 Å². The van der Waals surface area contributed by atoms with Gasteiger partial charge in [0.15, 0.2) is 0 Å². The zero-order valence-corrected chi connectivity index (χ0v) is 14.8. The summed E-state index contributed by atoms with van der Waals surface area (Å²) in [5.74, 6) is -0.309. The smallest absolute Gasteiger partial charge is 0.244 e. The summed E-state index contributed by atoms with van der Waals surface area (Å²) in [6.45, 7) is 4.82. The van der Waals surface area contributed by atoms with Crippen LogP contribution in [0.15, 0.2) is 29.2 Å². The van der Waals surface area contributed by atoms with Gasteiger partial charge in [-0.2, -0.15) is 4.31 Å². The van der Waals surface area contributed by atoms with Crippen molar-refractivity contribution in [2.24, 2.45) is 11.7 Å². The second kappa shape index (κ2) is 7.17. The maximum Gasteiger partial charge on any atom is 0.244 e. The lowest BCUT2D eigenvalue weighted by atomic mass is 10.0. The van der Waals surface area contributed by atoms with Gasteiger partial charge in [-0.3, -0.25) is 4.79 Å². The van der Waals surface area contributed by atoms with Crippen molar-refractivity contribution in [2.75, 3.05) is 26.2 Å². The maximum absolute atomic E-state index is 12.6. The fourth-order valence-corrected chi connectivity index (χ4v) is 4.37. The number of hydrogen-bond acceptors (Lipinski definition) is 4. The molecule has 0 aromatic heterocycles. The van der Waals surface area contributed by atoms with E-state index in [1.54, 1.807) is 36.9 Å². The van der Waals surface area contributed by atoms with E-state index in [1.165, 1.54) is 10.4 Å². The second-order valence-corrected chi connectivity index (χ2v) is 8.12. The fraction of sp³-hybridized carbons (Fsp3) is 0.533. The van der Waals surface area contributed by atoms with Crippen LogP contribution in [0, 0.1) is 5.92 Å². The molecule has 2 unspecified atom stereocenters. The Morgan fingerprint density at radius 1 is 1.17 bits per heavy atom. The lowest BCUT2D eigenvalue weighted by Gasteiger charge is -2.35. The molecule has 1 heterocycles. The highest BCUT2D eigenvalue weighted by Gasteiger charge is 2.32. The fourth-order valence-electron chi connectivity index (χ4n) is 2.45.